The maximum atomic E-state index is 6.00. The summed E-state index contributed by atoms with van der Waals surface area (Å²) < 4.78 is 11.0. The highest BCUT2D eigenvalue weighted by Crippen LogP contribution is 2.17. The van der Waals surface area contributed by atoms with E-state index in [1.54, 1.807) is 13.3 Å². The van der Waals surface area contributed by atoms with E-state index in [-0.39, 0.29) is 24.0 Å². The summed E-state index contributed by atoms with van der Waals surface area (Å²) in [6, 6.07) is 21.8. The Bertz CT molecular complexity index is 918. The summed E-state index contributed by atoms with van der Waals surface area (Å²) in [5.74, 6) is 1.83. The number of guanidine groups is 1. The van der Waals surface area contributed by atoms with Gasteiger partial charge >= 0.3 is 0 Å². The molecule has 0 radical (unpaired) electrons. The number of hydrogen-bond acceptors (Lipinski definition) is 4. The van der Waals surface area contributed by atoms with Gasteiger partial charge in [0, 0.05) is 18.3 Å². The first-order chi connectivity index (χ1) is 14.2. The first kappa shape index (κ1) is 23.5. The van der Waals surface area contributed by atoms with Crippen molar-refractivity contribution in [2.45, 2.75) is 19.6 Å². The van der Waals surface area contributed by atoms with Crippen LogP contribution in [0.4, 0.5) is 0 Å². The van der Waals surface area contributed by atoms with Gasteiger partial charge < -0.3 is 20.5 Å². The molecule has 1 aromatic heterocycles. The summed E-state index contributed by atoms with van der Waals surface area (Å²) in [5.41, 5.74) is 9.19. The van der Waals surface area contributed by atoms with Gasteiger partial charge in [0.05, 0.1) is 13.7 Å². The summed E-state index contributed by atoms with van der Waals surface area (Å²) in [7, 11) is 1.66. The fourth-order valence-electron chi connectivity index (χ4n) is 2.75. The first-order valence-electron chi connectivity index (χ1n) is 9.52. The van der Waals surface area contributed by atoms with Gasteiger partial charge in [-0.25, -0.2) is 9.98 Å². The highest BCUT2D eigenvalue weighted by molar-refractivity contribution is 14.0. The molecule has 3 N–H and O–H groups in total. The average Bonchev–Trinajstić information content (AvgIpc) is 2.78. The first-order valence-corrected chi connectivity index (χ1v) is 9.52. The highest BCUT2D eigenvalue weighted by atomic mass is 127. The number of nitrogens with two attached hydrogens (primary N) is 1. The third-order valence-corrected chi connectivity index (χ3v) is 4.37. The molecule has 0 saturated carbocycles. The van der Waals surface area contributed by atoms with E-state index in [0.717, 1.165) is 23.3 Å². The summed E-state index contributed by atoms with van der Waals surface area (Å²) in [4.78, 5) is 8.74. The number of benzene rings is 2. The molecule has 3 rings (SSSR count). The number of nitrogens with zero attached hydrogens (tertiary/aromatic N) is 2. The molecule has 0 aliphatic rings. The van der Waals surface area contributed by atoms with Gasteiger partial charge in [0.15, 0.2) is 5.96 Å². The van der Waals surface area contributed by atoms with Crippen LogP contribution in [0, 0.1) is 0 Å². The van der Waals surface area contributed by atoms with Crippen molar-refractivity contribution in [1.82, 2.24) is 10.3 Å². The minimum absolute atomic E-state index is 0. The molecule has 0 saturated heterocycles. The van der Waals surface area contributed by atoms with Crippen molar-refractivity contribution < 1.29 is 9.47 Å². The lowest BCUT2D eigenvalue weighted by Gasteiger charge is -2.10. The number of nitrogens with one attached hydrogen (secondary N) is 1. The molecule has 0 spiro atoms. The number of aromatic nitrogens is 1. The third kappa shape index (κ3) is 7.55. The predicted molar refractivity (Wildman–Crippen MR) is 130 cm³/mol. The van der Waals surface area contributed by atoms with E-state index < -0.39 is 0 Å². The second-order valence-electron chi connectivity index (χ2n) is 6.47. The SMILES string of the molecule is COc1ccc(CCNC(N)=NCc2cccnc2OCc2ccccc2)cc1.I. The van der Waals surface area contributed by atoms with E-state index in [4.69, 9.17) is 15.2 Å². The lowest BCUT2D eigenvalue weighted by molar-refractivity contribution is 0.290. The molecule has 158 valence electrons. The van der Waals surface area contributed by atoms with Gasteiger partial charge in [-0.2, -0.15) is 0 Å². The Kier molecular flexibility index (Phi) is 9.93. The fraction of sp³-hybridized carbons (Fsp3) is 0.217. The van der Waals surface area contributed by atoms with Crippen LogP contribution in [-0.2, 0) is 19.6 Å². The van der Waals surface area contributed by atoms with Crippen LogP contribution < -0.4 is 20.5 Å². The zero-order chi connectivity index (χ0) is 20.3. The number of pyridine rings is 1. The van der Waals surface area contributed by atoms with Crippen molar-refractivity contribution in [1.29, 1.82) is 0 Å². The van der Waals surface area contributed by atoms with Crippen LogP contribution in [0.25, 0.3) is 0 Å². The number of methoxy groups -OCH3 is 1. The van der Waals surface area contributed by atoms with Crippen molar-refractivity contribution in [3.05, 3.63) is 89.6 Å². The monoisotopic (exact) mass is 518 g/mol. The van der Waals surface area contributed by atoms with Gasteiger partial charge in [-0.15, -0.1) is 24.0 Å². The second-order valence-corrected chi connectivity index (χ2v) is 6.47. The van der Waals surface area contributed by atoms with E-state index in [9.17, 15) is 0 Å². The molecule has 0 amide bonds. The molecular weight excluding hydrogens is 491 g/mol. The lowest BCUT2D eigenvalue weighted by Crippen LogP contribution is -2.33. The Hall–Kier alpha value is -2.81. The molecule has 3 aromatic rings. The molecule has 6 nitrogen and oxygen atoms in total. The summed E-state index contributed by atoms with van der Waals surface area (Å²) in [5, 5.41) is 3.14. The Labute approximate surface area is 194 Å². The Balaban J connectivity index is 0.00000320. The van der Waals surface area contributed by atoms with Gasteiger partial charge in [0.2, 0.25) is 5.88 Å². The van der Waals surface area contributed by atoms with Crippen molar-refractivity contribution in [3.8, 4) is 11.6 Å². The van der Waals surface area contributed by atoms with E-state index in [1.165, 1.54) is 5.56 Å². The molecule has 2 aromatic carbocycles. The normalized spacial score (nSPS) is 10.8. The quantitative estimate of drug-likeness (QED) is 0.255. The number of ether oxygens (including phenoxy) is 2. The van der Waals surface area contributed by atoms with Gasteiger partial charge in [-0.05, 0) is 35.7 Å². The molecule has 1 heterocycles. The second kappa shape index (κ2) is 12.7. The molecule has 7 heteroatoms. The van der Waals surface area contributed by atoms with Gasteiger partial charge in [-0.1, -0.05) is 48.5 Å². The maximum Gasteiger partial charge on any atom is 0.218 e. The zero-order valence-corrected chi connectivity index (χ0v) is 19.3. The average molecular weight is 518 g/mol. The minimum atomic E-state index is 0. The lowest BCUT2D eigenvalue weighted by atomic mass is 10.1. The van der Waals surface area contributed by atoms with Crippen molar-refractivity contribution in [2.24, 2.45) is 10.7 Å². The van der Waals surface area contributed by atoms with Gasteiger partial charge in [0.1, 0.15) is 12.4 Å². The van der Waals surface area contributed by atoms with Crippen LogP contribution in [0.5, 0.6) is 11.6 Å². The molecular formula is C23H27IN4O2. The van der Waals surface area contributed by atoms with E-state index in [0.29, 0.717) is 31.5 Å². The summed E-state index contributed by atoms with van der Waals surface area (Å²) in [6.07, 6.45) is 2.56. The Morgan fingerprint density at radius 3 is 2.50 bits per heavy atom. The van der Waals surface area contributed by atoms with E-state index in [1.807, 2.05) is 66.7 Å². The number of hydrogen-bond donors (Lipinski definition) is 2. The molecule has 0 bridgehead atoms. The molecule has 0 aliphatic carbocycles. The molecule has 0 fully saturated rings. The molecule has 0 unspecified atom stereocenters. The van der Waals surface area contributed by atoms with Crippen LogP contribution in [-0.4, -0.2) is 24.6 Å². The van der Waals surface area contributed by atoms with Crippen LogP contribution in [0.2, 0.25) is 0 Å². The van der Waals surface area contributed by atoms with E-state index >= 15 is 0 Å². The fourth-order valence-corrected chi connectivity index (χ4v) is 2.75. The summed E-state index contributed by atoms with van der Waals surface area (Å²) in [6.45, 7) is 1.57. The van der Waals surface area contributed by atoms with Crippen LogP contribution in [0.1, 0.15) is 16.7 Å². The summed E-state index contributed by atoms with van der Waals surface area (Å²) >= 11 is 0. The Morgan fingerprint density at radius 1 is 1.00 bits per heavy atom. The minimum Gasteiger partial charge on any atom is -0.497 e. The smallest absolute Gasteiger partial charge is 0.218 e. The Morgan fingerprint density at radius 2 is 1.77 bits per heavy atom. The van der Waals surface area contributed by atoms with Crippen molar-refractivity contribution >= 4 is 29.9 Å². The van der Waals surface area contributed by atoms with Crippen molar-refractivity contribution in [3.63, 3.8) is 0 Å². The number of aliphatic imine (C=N–C) groups is 1. The maximum absolute atomic E-state index is 6.00. The van der Waals surface area contributed by atoms with Crippen LogP contribution in [0.3, 0.4) is 0 Å². The highest BCUT2D eigenvalue weighted by Gasteiger charge is 2.05. The van der Waals surface area contributed by atoms with Gasteiger partial charge in [-0.3, -0.25) is 0 Å². The third-order valence-electron chi connectivity index (χ3n) is 4.37. The van der Waals surface area contributed by atoms with Crippen molar-refractivity contribution in [2.75, 3.05) is 13.7 Å². The molecule has 0 atom stereocenters. The molecule has 30 heavy (non-hydrogen) atoms. The zero-order valence-electron chi connectivity index (χ0n) is 17.0. The van der Waals surface area contributed by atoms with Crippen LogP contribution in [0.15, 0.2) is 77.9 Å². The number of rotatable bonds is 9. The predicted octanol–water partition coefficient (Wildman–Crippen LogP) is 3.93. The topological polar surface area (TPSA) is 81.8 Å². The van der Waals surface area contributed by atoms with E-state index in [2.05, 4.69) is 15.3 Å². The largest absolute Gasteiger partial charge is 0.497 e. The van der Waals surface area contributed by atoms with Crippen LogP contribution >= 0.6 is 24.0 Å². The standard InChI is InChI=1S/C23H26N4O2.HI/c1-28-21-11-9-18(10-12-21)13-15-26-23(24)27-16-20-8-5-14-25-22(20)29-17-19-6-3-2-4-7-19;/h2-12,14H,13,15-17H2,1H3,(H3,24,26,27);1H. The number of halogens is 1. The van der Waals surface area contributed by atoms with Gasteiger partial charge in [0.25, 0.3) is 0 Å². The molecule has 0 aliphatic heterocycles.